The molecule has 0 spiro atoms. The molecular weight excluding hydrogens is 246 g/mol. The van der Waals surface area contributed by atoms with E-state index in [2.05, 4.69) is 22.6 Å². The SMILES string of the molecule is CN.CN1CCN(CCOCCCOCC=O)CC1. The zero-order chi connectivity index (χ0) is 14.3. The van der Waals surface area contributed by atoms with Gasteiger partial charge in [-0.05, 0) is 20.5 Å². The number of piperazine rings is 1. The number of aldehydes is 1. The number of rotatable bonds is 9. The number of hydrogen-bond donors (Lipinski definition) is 1. The van der Waals surface area contributed by atoms with E-state index >= 15 is 0 Å². The Morgan fingerprint density at radius 2 is 1.68 bits per heavy atom. The van der Waals surface area contributed by atoms with Gasteiger partial charge in [0, 0.05) is 45.9 Å². The van der Waals surface area contributed by atoms with E-state index in [0.717, 1.165) is 52.0 Å². The summed E-state index contributed by atoms with van der Waals surface area (Å²) in [6.45, 7) is 7.91. The van der Waals surface area contributed by atoms with Crippen LogP contribution in [-0.4, -0.2) is 89.3 Å². The largest absolute Gasteiger partial charge is 0.380 e. The number of carbonyl (C=O) groups is 1. The standard InChI is InChI=1S/C12H24N2O3.CH5N/c1-13-3-5-14(6-4-13)7-11-16-9-2-10-17-12-8-15;1-2/h8H,2-7,9-12H2,1H3;2H2,1H3. The third-order valence-electron chi connectivity index (χ3n) is 2.91. The number of nitrogens with zero attached hydrogens (tertiary/aromatic N) is 2. The summed E-state index contributed by atoms with van der Waals surface area (Å²) >= 11 is 0. The van der Waals surface area contributed by atoms with Crippen molar-refractivity contribution in [2.24, 2.45) is 5.73 Å². The summed E-state index contributed by atoms with van der Waals surface area (Å²) in [7, 11) is 3.66. The lowest BCUT2D eigenvalue weighted by atomic mass is 10.3. The van der Waals surface area contributed by atoms with E-state index < -0.39 is 0 Å². The molecule has 1 aliphatic rings. The Kier molecular flexibility index (Phi) is 13.5. The van der Waals surface area contributed by atoms with Crippen molar-refractivity contribution in [3.8, 4) is 0 Å². The first-order chi connectivity index (χ1) is 9.33. The van der Waals surface area contributed by atoms with Gasteiger partial charge in [0.1, 0.15) is 12.9 Å². The summed E-state index contributed by atoms with van der Waals surface area (Å²) in [6, 6.07) is 0. The molecule has 1 heterocycles. The topological polar surface area (TPSA) is 68.0 Å². The van der Waals surface area contributed by atoms with Crippen molar-refractivity contribution in [3.05, 3.63) is 0 Å². The molecule has 6 nitrogen and oxygen atoms in total. The Labute approximate surface area is 116 Å². The van der Waals surface area contributed by atoms with E-state index in [0.29, 0.717) is 13.2 Å². The second-order valence-corrected chi connectivity index (χ2v) is 4.35. The van der Waals surface area contributed by atoms with Crippen molar-refractivity contribution in [2.75, 3.05) is 73.2 Å². The molecule has 2 N–H and O–H groups in total. The minimum atomic E-state index is 0.196. The molecular formula is C13H29N3O3. The number of hydrogen-bond acceptors (Lipinski definition) is 6. The Hall–Kier alpha value is -0.530. The number of carbonyl (C=O) groups excluding carboxylic acids is 1. The Morgan fingerprint density at radius 3 is 2.32 bits per heavy atom. The lowest BCUT2D eigenvalue weighted by molar-refractivity contribution is -0.112. The van der Waals surface area contributed by atoms with Gasteiger partial charge in [-0.3, -0.25) is 4.90 Å². The maximum atomic E-state index is 9.97. The molecule has 1 aliphatic heterocycles. The fourth-order valence-corrected chi connectivity index (χ4v) is 1.76. The highest BCUT2D eigenvalue weighted by atomic mass is 16.5. The van der Waals surface area contributed by atoms with Crippen molar-refractivity contribution in [1.82, 2.24) is 9.80 Å². The van der Waals surface area contributed by atoms with Gasteiger partial charge in [0.15, 0.2) is 0 Å². The van der Waals surface area contributed by atoms with Gasteiger partial charge in [-0.25, -0.2) is 0 Å². The third kappa shape index (κ3) is 11.0. The van der Waals surface area contributed by atoms with Crippen LogP contribution in [0.4, 0.5) is 0 Å². The fraction of sp³-hybridized carbons (Fsp3) is 0.923. The zero-order valence-electron chi connectivity index (χ0n) is 12.3. The lowest BCUT2D eigenvalue weighted by Gasteiger charge is -2.32. The average molecular weight is 275 g/mol. The van der Waals surface area contributed by atoms with Crippen molar-refractivity contribution in [3.63, 3.8) is 0 Å². The first-order valence-electron chi connectivity index (χ1n) is 6.90. The van der Waals surface area contributed by atoms with Gasteiger partial charge < -0.3 is 24.9 Å². The molecule has 1 saturated heterocycles. The predicted octanol–water partition coefficient (Wildman–Crippen LogP) is -0.569. The van der Waals surface area contributed by atoms with Crippen LogP contribution in [0.3, 0.4) is 0 Å². The summed E-state index contributed by atoms with van der Waals surface area (Å²) < 4.78 is 10.5. The molecule has 0 bridgehead atoms. The van der Waals surface area contributed by atoms with Crippen LogP contribution in [0, 0.1) is 0 Å². The third-order valence-corrected chi connectivity index (χ3v) is 2.91. The van der Waals surface area contributed by atoms with Crippen LogP contribution >= 0.6 is 0 Å². The van der Waals surface area contributed by atoms with Gasteiger partial charge in [0.05, 0.1) is 6.61 Å². The van der Waals surface area contributed by atoms with Crippen molar-refractivity contribution >= 4 is 6.29 Å². The molecule has 6 heteroatoms. The first kappa shape index (κ1) is 18.5. The summed E-state index contributed by atoms with van der Waals surface area (Å²) in [5, 5.41) is 0. The molecule has 0 amide bonds. The van der Waals surface area contributed by atoms with E-state index in [1.54, 1.807) is 0 Å². The zero-order valence-corrected chi connectivity index (χ0v) is 12.3. The molecule has 0 unspecified atom stereocenters. The normalized spacial score (nSPS) is 16.8. The number of ether oxygens (including phenoxy) is 2. The summed E-state index contributed by atoms with van der Waals surface area (Å²) in [6.07, 6.45) is 1.63. The summed E-state index contributed by atoms with van der Waals surface area (Å²) in [4.78, 5) is 14.8. The van der Waals surface area contributed by atoms with Crippen molar-refractivity contribution in [2.45, 2.75) is 6.42 Å². The van der Waals surface area contributed by atoms with Crippen LogP contribution in [0.2, 0.25) is 0 Å². The van der Waals surface area contributed by atoms with E-state index in [4.69, 9.17) is 9.47 Å². The predicted molar refractivity (Wildman–Crippen MR) is 76.4 cm³/mol. The van der Waals surface area contributed by atoms with Gasteiger partial charge >= 0.3 is 0 Å². The van der Waals surface area contributed by atoms with Gasteiger partial charge in [-0.2, -0.15) is 0 Å². The molecule has 1 rings (SSSR count). The fourth-order valence-electron chi connectivity index (χ4n) is 1.76. The lowest BCUT2D eigenvalue weighted by Crippen LogP contribution is -2.45. The quantitative estimate of drug-likeness (QED) is 0.449. The maximum Gasteiger partial charge on any atom is 0.145 e. The van der Waals surface area contributed by atoms with E-state index in [-0.39, 0.29) is 6.61 Å². The van der Waals surface area contributed by atoms with Gasteiger partial charge in [0.25, 0.3) is 0 Å². The molecule has 114 valence electrons. The Bertz CT molecular complexity index is 198. The summed E-state index contributed by atoms with van der Waals surface area (Å²) in [5.41, 5.74) is 4.50. The van der Waals surface area contributed by atoms with Crippen molar-refractivity contribution in [1.29, 1.82) is 0 Å². The van der Waals surface area contributed by atoms with Crippen molar-refractivity contribution < 1.29 is 14.3 Å². The molecule has 0 aromatic rings. The maximum absolute atomic E-state index is 9.97. The smallest absolute Gasteiger partial charge is 0.145 e. The van der Waals surface area contributed by atoms with E-state index in [1.807, 2.05) is 0 Å². The highest BCUT2D eigenvalue weighted by molar-refractivity contribution is 5.50. The highest BCUT2D eigenvalue weighted by Gasteiger charge is 2.12. The van der Waals surface area contributed by atoms with Gasteiger partial charge in [0.2, 0.25) is 0 Å². The second-order valence-electron chi connectivity index (χ2n) is 4.35. The minimum absolute atomic E-state index is 0.196. The number of nitrogens with two attached hydrogens (primary N) is 1. The molecule has 19 heavy (non-hydrogen) atoms. The van der Waals surface area contributed by atoms with Crippen LogP contribution in [0.5, 0.6) is 0 Å². The van der Waals surface area contributed by atoms with Crippen LogP contribution in [0.25, 0.3) is 0 Å². The van der Waals surface area contributed by atoms with Crippen LogP contribution in [0.15, 0.2) is 0 Å². The molecule has 0 aromatic carbocycles. The van der Waals surface area contributed by atoms with E-state index in [9.17, 15) is 4.79 Å². The van der Waals surface area contributed by atoms with Gasteiger partial charge in [-0.15, -0.1) is 0 Å². The van der Waals surface area contributed by atoms with Crippen LogP contribution < -0.4 is 5.73 Å². The molecule has 0 atom stereocenters. The summed E-state index contributed by atoms with van der Waals surface area (Å²) in [5.74, 6) is 0. The highest BCUT2D eigenvalue weighted by Crippen LogP contribution is 1.98. The average Bonchev–Trinajstić information content (AvgIpc) is 2.46. The molecule has 1 fully saturated rings. The van der Waals surface area contributed by atoms with E-state index in [1.165, 1.54) is 7.05 Å². The number of likely N-dealkylation sites (N-methyl/N-ethyl adjacent to an activating group) is 1. The monoisotopic (exact) mass is 275 g/mol. The molecule has 0 saturated carbocycles. The molecule has 0 aromatic heterocycles. The Morgan fingerprint density at radius 1 is 1.05 bits per heavy atom. The Balaban J connectivity index is 0.00000154. The van der Waals surface area contributed by atoms with Crippen LogP contribution in [-0.2, 0) is 14.3 Å². The van der Waals surface area contributed by atoms with Gasteiger partial charge in [-0.1, -0.05) is 0 Å². The molecule has 0 aliphatic carbocycles. The molecule has 0 radical (unpaired) electrons. The minimum Gasteiger partial charge on any atom is -0.380 e. The second kappa shape index (κ2) is 13.9. The first-order valence-corrected chi connectivity index (χ1v) is 6.90. The van der Waals surface area contributed by atoms with Crippen LogP contribution in [0.1, 0.15) is 6.42 Å².